The Balaban J connectivity index is 3.79. The van der Waals surface area contributed by atoms with E-state index in [0.29, 0.717) is 25.7 Å². The largest absolute Gasteiger partial charge is 0.378 e. The summed E-state index contributed by atoms with van der Waals surface area (Å²) in [4.78, 5) is 4.21. The zero-order chi connectivity index (χ0) is 13.9. The minimum absolute atomic E-state index is 0.0339. The summed E-state index contributed by atoms with van der Waals surface area (Å²) < 4.78 is 26.8. The fourth-order valence-electron chi connectivity index (χ4n) is 1.01. The second-order valence-corrected chi connectivity index (χ2v) is 5.82. The molecule has 0 rings (SSSR count). The Bertz CT molecular complexity index is 385. The Kier molecular flexibility index (Phi) is 9.06. The van der Waals surface area contributed by atoms with Crippen molar-refractivity contribution in [2.45, 2.75) is 6.92 Å². The van der Waals surface area contributed by atoms with Crippen LogP contribution in [0.1, 0.15) is 6.92 Å². The summed E-state index contributed by atoms with van der Waals surface area (Å²) >= 11 is 0. The summed E-state index contributed by atoms with van der Waals surface area (Å²) in [6, 6.07) is 0. The van der Waals surface area contributed by atoms with Crippen molar-refractivity contribution < 1.29 is 13.2 Å². The Labute approximate surface area is 109 Å². The molecule has 0 saturated carbocycles. The lowest BCUT2D eigenvalue weighted by atomic mass is 10.6. The number of sulfone groups is 1. The second kappa shape index (κ2) is 9.74. The van der Waals surface area contributed by atoms with Gasteiger partial charge in [-0.15, -0.1) is 6.42 Å². The predicted molar refractivity (Wildman–Crippen MR) is 73.3 cm³/mol. The summed E-state index contributed by atoms with van der Waals surface area (Å²) in [7, 11) is -2.96. The molecule has 0 aromatic heterocycles. The van der Waals surface area contributed by atoms with Crippen LogP contribution in [-0.2, 0) is 14.6 Å². The first-order valence-electron chi connectivity index (χ1n) is 5.70. The van der Waals surface area contributed by atoms with Gasteiger partial charge in [-0.05, 0) is 6.92 Å². The number of ether oxygens (including phenoxy) is 1. The van der Waals surface area contributed by atoms with Gasteiger partial charge in [0.1, 0.15) is 9.84 Å². The van der Waals surface area contributed by atoms with Crippen LogP contribution in [0.2, 0.25) is 0 Å². The van der Waals surface area contributed by atoms with Crippen LogP contribution in [-0.4, -0.2) is 59.2 Å². The van der Waals surface area contributed by atoms with Crippen molar-refractivity contribution in [1.82, 2.24) is 10.6 Å². The first kappa shape index (κ1) is 16.7. The van der Waals surface area contributed by atoms with Crippen LogP contribution in [0.5, 0.6) is 0 Å². The topological polar surface area (TPSA) is 79.8 Å². The first-order valence-corrected chi connectivity index (χ1v) is 7.76. The van der Waals surface area contributed by atoms with Gasteiger partial charge in [0, 0.05) is 12.8 Å². The highest BCUT2D eigenvalue weighted by Gasteiger charge is 2.00. The fraction of sp³-hybridized carbons (Fsp3) is 0.727. The fourth-order valence-corrected chi connectivity index (χ4v) is 1.43. The molecule has 0 aliphatic rings. The van der Waals surface area contributed by atoms with E-state index in [4.69, 9.17) is 11.2 Å². The molecule has 0 heterocycles. The van der Waals surface area contributed by atoms with Crippen molar-refractivity contribution in [3.8, 4) is 12.3 Å². The van der Waals surface area contributed by atoms with Gasteiger partial charge in [-0.2, -0.15) is 0 Å². The summed E-state index contributed by atoms with van der Waals surface area (Å²) in [6.07, 6.45) is 6.31. The van der Waals surface area contributed by atoms with E-state index >= 15 is 0 Å². The molecule has 0 aromatic rings. The molecule has 6 nitrogen and oxygen atoms in total. The molecule has 0 saturated heterocycles. The molecule has 0 fully saturated rings. The van der Waals surface area contributed by atoms with Gasteiger partial charge in [-0.1, -0.05) is 5.92 Å². The van der Waals surface area contributed by atoms with Crippen LogP contribution in [0.4, 0.5) is 0 Å². The molecular formula is C11H21N3O3S. The number of terminal acetylenes is 1. The maximum atomic E-state index is 10.8. The number of nitrogens with one attached hydrogen (secondary N) is 2. The molecule has 18 heavy (non-hydrogen) atoms. The van der Waals surface area contributed by atoms with E-state index in [1.165, 1.54) is 6.26 Å². The molecule has 0 spiro atoms. The van der Waals surface area contributed by atoms with Gasteiger partial charge in [0.15, 0.2) is 5.96 Å². The monoisotopic (exact) mass is 275 g/mol. The minimum Gasteiger partial charge on any atom is -0.378 e. The highest BCUT2D eigenvalue weighted by molar-refractivity contribution is 7.90. The normalized spacial score (nSPS) is 11.9. The van der Waals surface area contributed by atoms with Gasteiger partial charge in [0.2, 0.25) is 0 Å². The van der Waals surface area contributed by atoms with E-state index in [1.807, 2.05) is 6.92 Å². The van der Waals surface area contributed by atoms with Gasteiger partial charge in [-0.25, -0.2) is 8.42 Å². The SMILES string of the molecule is C#CCNC(=NCCOCCS(C)(=O)=O)NCC. The first-order chi connectivity index (χ1) is 8.49. The van der Waals surface area contributed by atoms with Crippen molar-refractivity contribution in [3.63, 3.8) is 0 Å². The Hall–Kier alpha value is -1.26. The smallest absolute Gasteiger partial charge is 0.192 e. The van der Waals surface area contributed by atoms with E-state index < -0.39 is 9.84 Å². The molecule has 104 valence electrons. The van der Waals surface area contributed by atoms with E-state index in [0.717, 1.165) is 6.54 Å². The molecule has 0 amide bonds. The molecular weight excluding hydrogens is 254 g/mol. The van der Waals surface area contributed by atoms with E-state index in [1.54, 1.807) is 0 Å². The number of guanidine groups is 1. The third-order valence-electron chi connectivity index (χ3n) is 1.81. The standard InChI is InChI=1S/C11H21N3O3S/c1-4-6-13-11(12-5-2)14-7-8-17-9-10-18(3,15)16/h1H,5-10H2,2-3H3,(H2,12,13,14). The maximum absolute atomic E-state index is 10.8. The van der Waals surface area contributed by atoms with Crippen LogP contribution >= 0.6 is 0 Å². The van der Waals surface area contributed by atoms with Crippen molar-refractivity contribution in [2.24, 2.45) is 4.99 Å². The van der Waals surface area contributed by atoms with Crippen LogP contribution in [0, 0.1) is 12.3 Å². The predicted octanol–water partition coefficient (Wildman–Crippen LogP) is -0.764. The number of hydrogen-bond acceptors (Lipinski definition) is 4. The van der Waals surface area contributed by atoms with E-state index in [2.05, 4.69) is 21.5 Å². The van der Waals surface area contributed by atoms with Gasteiger partial charge in [-0.3, -0.25) is 4.99 Å². The van der Waals surface area contributed by atoms with E-state index in [-0.39, 0.29) is 12.4 Å². The van der Waals surface area contributed by atoms with Crippen molar-refractivity contribution in [3.05, 3.63) is 0 Å². The lowest BCUT2D eigenvalue weighted by Crippen LogP contribution is -2.37. The molecule has 0 unspecified atom stereocenters. The summed E-state index contributed by atoms with van der Waals surface area (Å²) in [5, 5.41) is 5.96. The molecule has 7 heteroatoms. The molecule has 0 aliphatic carbocycles. The highest BCUT2D eigenvalue weighted by atomic mass is 32.2. The molecule has 0 bridgehead atoms. The van der Waals surface area contributed by atoms with Crippen LogP contribution in [0.3, 0.4) is 0 Å². The average molecular weight is 275 g/mol. The highest BCUT2D eigenvalue weighted by Crippen LogP contribution is 1.84. The second-order valence-electron chi connectivity index (χ2n) is 3.56. The Morgan fingerprint density at radius 3 is 2.67 bits per heavy atom. The van der Waals surface area contributed by atoms with Gasteiger partial charge in [0.25, 0.3) is 0 Å². The van der Waals surface area contributed by atoms with Gasteiger partial charge >= 0.3 is 0 Å². The lowest BCUT2D eigenvalue weighted by molar-refractivity contribution is 0.157. The molecule has 0 aromatic carbocycles. The molecule has 0 atom stereocenters. The third kappa shape index (κ3) is 11.2. The molecule has 0 radical (unpaired) electrons. The average Bonchev–Trinajstić information content (AvgIpc) is 2.29. The van der Waals surface area contributed by atoms with Crippen molar-refractivity contribution >= 4 is 15.8 Å². The number of aliphatic imine (C=N–C) groups is 1. The van der Waals surface area contributed by atoms with Crippen LogP contribution in [0.25, 0.3) is 0 Å². The summed E-state index contributed by atoms with van der Waals surface area (Å²) in [6.45, 7) is 4.12. The number of rotatable bonds is 8. The Morgan fingerprint density at radius 1 is 1.39 bits per heavy atom. The van der Waals surface area contributed by atoms with Crippen molar-refractivity contribution in [1.29, 1.82) is 0 Å². The lowest BCUT2D eigenvalue weighted by Gasteiger charge is -2.08. The van der Waals surface area contributed by atoms with Gasteiger partial charge < -0.3 is 15.4 Å². The Morgan fingerprint density at radius 2 is 2.11 bits per heavy atom. The van der Waals surface area contributed by atoms with E-state index in [9.17, 15) is 8.42 Å². The molecule has 0 aliphatic heterocycles. The summed E-state index contributed by atoms with van der Waals surface area (Å²) in [5.74, 6) is 3.11. The van der Waals surface area contributed by atoms with Crippen LogP contribution in [0.15, 0.2) is 4.99 Å². The zero-order valence-corrected chi connectivity index (χ0v) is 11.7. The quantitative estimate of drug-likeness (QED) is 0.263. The zero-order valence-electron chi connectivity index (χ0n) is 10.9. The minimum atomic E-state index is -2.96. The number of hydrogen-bond donors (Lipinski definition) is 2. The molecule has 2 N–H and O–H groups in total. The van der Waals surface area contributed by atoms with Gasteiger partial charge in [0.05, 0.1) is 32.1 Å². The summed E-state index contributed by atoms with van der Waals surface area (Å²) in [5.41, 5.74) is 0. The number of nitrogens with zero attached hydrogens (tertiary/aromatic N) is 1. The van der Waals surface area contributed by atoms with Crippen LogP contribution < -0.4 is 10.6 Å². The maximum Gasteiger partial charge on any atom is 0.192 e. The third-order valence-corrected chi connectivity index (χ3v) is 2.71. The van der Waals surface area contributed by atoms with Crippen molar-refractivity contribution in [2.75, 3.05) is 44.9 Å².